The Kier molecular flexibility index (Phi) is 1.74. The smallest absolute Gasteiger partial charge is 0.230 e. The molecule has 2 nitrogen and oxygen atoms in total. The highest BCUT2D eigenvalue weighted by atomic mass is 32.2. The third-order valence-corrected chi connectivity index (χ3v) is 2.97. The number of fused-ring (bicyclic) bond motifs is 1. The second kappa shape index (κ2) is 2.74. The van der Waals surface area contributed by atoms with Crippen LogP contribution in [0.15, 0.2) is 23.1 Å². The molecule has 0 aromatic rings. The molecule has 0 spiro atoms. The summed E-state index contributed by atoms with van der Waals surface area (Å²) in [5, 5.41) is 0. The molecule has 1 aliphatic carbocycles. The van der Waals surface area contributed by atoms with E-state index < -0.39 is 0 Å². The Balaban J connectivity index is 2.16. The Hall–Kier alpha value is -0.700. The van der Waals surface area contributed by atoms with Gasteiger partial charge in [-0.05, 0) is 18.4 Å². The van der Waals surface area contributed by atoms with E-state index in [0.717, 1.165) is 6.42 Å². The average molecular weight is 167 g/mol. The maximum absolute atomic E-state index is 10.9. The van der Waals surface area contributed by atoms with Crippen molar-refractivity contribution in [3.8, 4) is 0 Å². The number of carbonyl (C=O) groups is 1. The lowest BCUT2D eigenvalue weighted by molar-refractivity contribution is -0.120. The SMILES string of the molecule is O=C1CC2CC=CC=C2SN1. The van der Waals surface area contributed by atoms with Crippen LogP contribution in [0.25, 0.3) is 0 Å². The van der Waals surface area contributed by atoms with Crippen LogP contribution >= 0.6 is 11.9 Å². The van der Waals surface area contributed by atoms with Crippen molar-refractivity contribution < 1.29 is 4.79 Å². The van der Waals surface area contributed by atoms with Gasteiger partial charge in [0.15, 0.2) is 0 Å². The minimum atomic E-state index is 0.160. The van der Waals surface area contributed by atoms with Crippen LogP contribution in [-0.2, 0) is 4.79 Å². The minimum absolute atomic E-state index is 0.160. The Bertz CT molecular complexity index is 244. The highest BCUT2D eigenvalue weighted by molar-refractivity contribution is 8.01. The van der Waals surface area contributed by atoms with Crippen LogP contribution in [0, 0.1) is 5.92 Å². The molecule has 1 N–H and O–H groups in total. The van der Waals surface area contributed by atoms with Crippen LogP contribution in [0.5, 0.6) is 0 Å². The van der Waals surface area contributed by atoms with Gasteiger partial charge in [-0.15, -0.1) is 0 Å². The summed E-state index contributed by atoms with van der Waals surface area (Å²) in [5.74, 6) is 0.617. The van der Waals surface area contributed by atoms with Gasteiger partial charge in [-0.25, -0.2) is 0 Å². The number of carbonyl (C=O) groups excluding carboxylic acids is 1. The standard InChI is InChI=1S/C8H9NOS/c10-8-5-6-3-1-2-4-7(6)11-9-8/h1-2,4,6H,3,5H2,(H,9,10). The Morgan fingerprint density at radius 3 is 3.45 bits per heavy atom. The van der Waals surface area contributed by atoms with Crippen LogP contribution in [0.2, 0.25) is 0 Å². The van der Waals surface area contributed by atoms with Crippen LogP contribution in [0.1, 0.15) is 12.8 Å². The Labute approximate surface area is 69.9 Å². The largest absolute Gasteiger partial charge is 0.296 e. The zero-order valence-corrected chi connectivity index (χ0v) is 6.86. The molecule has 1 heterocycles. The van der Waals surface area contributed by atoms with Gasteiger partial charge >= 0.3 is 0 Å². The first-order valence-electron chi connectivity index (χ1n) is 3.68. The maximum atomic E-state index is 10.9. The normalized spacial score (nSPS) is 28.9. The fraction of sp³-hybridized carbons (Fsp3) is 0.375. The summed E-state index contributed by atoms with van der Waals surface area (Å²) in [5.41, 5.74) is 0. The van der Waals surface area contributed by atoms with E-state index in [1.807, 2.05) is 0 Å². The van der Waals surface area contributed by atoms with Crippen LogP contribution in [-0.4, -0.2) is 5.91 Å². The second-order valence-electron chi connectivity index (χ2n) is 2.76. The molecule has 0 aromatic heterocycles. The molecule has 1 amide bonds. The van der Waals surface area contributed by atoms with E-state index in [4.69, 9.17) is 0 Å². The molecule has 3 heteroatoms. The van der Waals surface area contributed by atoms with Crippen molar-refractivity contribution in [1.82, 2.24) is 4.72 Å². The number of rotatable bonds is 0. The van der Waals surface area contributed by atoms with E-state index in [-0.39, 0.29) is 5.91 Å². The molecule has 1 fully saturated rings. The lowest BCUT2D eigenvalue weighted by Crippen LogP contribution is -2.26. The van der Waals surface area contributed by atoms with E-state index in [9.17, 15) is 4.79 Å². The number of hydrogen-bond donors (Lipinski definition) is 1. The van der Waals surface area contributed by atoms with Gasteiger partial charge < -0.3 is 0 Å². The summed E-state index contributed by atoms with van der Waals surface area (Å²) < 4.78 is 2.76. The Morgan fingerprint density at radius 1 is 1.64 bits per heavy atom. The summed E-state index contributed by atoms with van der Waals surface area (Å²) in [4.78, 5) is 12.2. The van der Waals surface area contributed by atoms with E-state index in [1.54, 1.807) is 0 Å². The molecular weight excluding hydrogens is 158 g/mol. The summed E-state index contributed by atoms with van der Waals surface area (Å²) in [6.45, 7) is 0. The Morgan fingerprint density at radius 2 is 2.55 bits per heavy atom. The number of nitrogens with one attached hydrogen (secondary N) is 1. The third-order valence-electron chi connectivity index (χ3n) is 1.93. The predicted octanol–water partition coefficient (Wildman–Crippen LogP) is 1.61. The average Bonchev–Trinajstić information content (AvgIpc) is 2.04. The molecule has 0 saturated carbocycles. The van der Waals surface area contributed by atoms with Crippen molar-refractivity contribution in [2.75, 3.05) is 0 Å². The van der Waals surface area contributed by atoms with E-state index in [2.05, 4.69) is 23.0 Å². The molecular formula is C8H9NOS. The molecule has 2 rings (SSSR count). The lowest BCUT2D eigenvalue weighted by atomic mass is 9.96. The predicted molar refractivity (Wildman–Crippen MR) is 45.7 cm³/mol. The topological polar surface area (TPSA) is 29.1 Å². The molecule has 1 atom stereocenters. The van der Waals surface area contributed by atoms with E-state index >= 15 is 0 Å². The molecule has 0 radical (unpaired) electrons. The maximum Gasteiger partial charge on any atom is 0.230 e. The molecule has 11 heavy (non-hydrogen) atoms. The first-order valence-corrected chi connectivity index (χ1v) is 4.50. The summed E-state index contributed by atoms with van der Waals surface area (Å²) in [6, 6.07) is 0. The third kappa shape index (κ3) is 1.33. The van der Waals surface area contributed by atoms with Gasteiger partial charge in [0.2, 0.25) is 5.91 Å². The van der Waals surface area contributed by atoms with Gasteiger partial charge in [-0.1, -0.05) is 18.2 Å². The zero-order valence-electron chi connectivity index (χ0n) is 6.04. The number of amides is 1. The number of hydrogen-bond acceptors (Lipinski definition) is 2. The zero-order chi connectivity index (χ0) is 7.68. The highest BCUT2D eigenvalue weighted by Crippen LogP contribution is 2.34. The summed E-state index contributed by atoms with van der Waals surface area (Å²) in [6.07, 6.45) is 7.93. The highest BCUT2D eigenvalue weighted by Gasteiger charge is 2.24. The number of allylic oxidation sites excluding steroid dienone is 4. The van der Waals surface area contributed by atoms with E-state index in [1.165, 1.54) is 16.9 Å². The van der Waals surface area contributed by atoms with Gasteiger partial charge in [0.1, 0.15) is 0 Å². The molecule has 2 aliphatic rings. The van der Waals surface area contributed by atoms with Crippen molar-refractivity contribution in [1.29, 1.82) is 0 Å². The molecule has 1 aliphatic heterocycles. The van der Waals surface area contributed by atoms with Gasteiger partial charge in [0.05, 0.1) is 0 Å². The van der Waals surface area contributed by atoms with Crippen LogP contribution in [0.4, 0.5) is 0 Å². The quantitative estimate of drug-likeness (QED) is 0.555. The van der Waals surface area contributed by atoms with Crippen molar-refractivity contribution in [3.63, 3.8) is 0 Å². The first kappa shape index (κ1) is 6.98. The van der Waals surface area contributed by atoms with Gasteiger partial charge in [0.25, 0.3) is 0 Å². The first-order chi connectivity index (χ1) is 5.36. The molecule has 0 aromatic carbocycles. The monoisotopic (exact) mass is 167 g/mol. The fourth-order valence-electron chi connectivity index (χ4n) is 1.34. The lowest BCUT2D eigenvalue weighted by Gasteiger charge is -2.24. The van der Waals surface area contributed by atoms with Gasteiger partial charge in [0, 0.05) is 17.2 Å². The molecule has 0 bridgehead atoms. The minimum Gasteiger partial charge on any atom is -0.296 e. The van der Waals surface area contributed by atoms with Crippen molar-refractivity contribution in [2.24, 2.45) is 5.92 Å². The van der Waals surface area contributed by atoms with Gasteiger partial charge in [-0.2, -0.15) is 0 Å². The van der Waals surface area contributed by atoms with Crippen molar-refractivity contribution in [3.05, 3.63) is 23.1 Å². The van der Waals surface area contributed by atoms with Crippen LogP contribution < -0.4 is 4.72 Å². The van der Waals surface area contributed by atoms with Crippen LogP contribution in [0.3, 0.4) is 0 Å². The summed E-state index contributed by atoms with van der Waals surface area (Å²) in [7, 11) is 0. The molecule has 58 valence electrons. The van der Waals surface area contributed by atoms with Crippen molar-refractivity contribution >= 4 is 17.9 Å². The second-order valence-corrected chi connectivity index (χ2v) is 3.64. The van der Waals surface area contributed by atoms with Gasteiger partial charge in [-0.3, -0.25) is 9.52 Å². The molecule has 1 saturated heterocycles. The molecule has 1 unspecified atom stereocenters. The van der Waals surface area contributed by atoms with E-state index in [0.29, 0.717) is 12.3 Å². The fourth-order valence-corrected chi connectivity index (χ4v) is 2.15. The summed E-state index contributed by atoms with van der Waals surface area (Å²) >= 11 is 1.47. The van der Waals surface area contributed by atoms with Crippen molar-refractivity contribution in [2.45, 2.75) is 12.8 Å².